The van der Waals surface area contributed by atoms with Crippen LogP contribution in [-0.4, -0.2) is 25.5 Å². The number of hydrogen-bond donors (Lipinski definition) is 0. The van der Waals surface area contributed by atoms with Crippen LogP contribution in [0.5, 0.6) is 0 Å². The molecule has 7 heteroatoms. The molecule has 1 amide bonds. The minimum absolute atomic E-state index is 0.00933. The van der Waals surface area contributed by atoms with E-state index >= 15 is 0 Å². The number of aryl methyl sites for hydroxylation is 3. The van der Waals surface area contributed by atoms with E-state index in [1.165, 1.54) is 11.3 Å². The van der Waals surface area contributed by atoms with Gasteiger partial charge in [-0.1, -0.05) is 30.3 Å². The molecule has 0 saturated heterocycles. The van der Waals surface area contributed by atoms with Crippen molar-refractivity contribution < 1.29 is 4.79 Å². The van der Waals surface area contributed by atoms with Crippen LogP contribution in [0.4, 0.5) is 10.8 Å². The third-order valence-electron chi connectivity index (χ3n) is 5.67. The molecule has 0 unspecified atom stereocenters. The highest BCUT2D eigenvalue weighted by Crippen LogP contribution is 2.30. The van der Waals surface area contributed by atoms with Crippen LogP contribution in [-0.2, 0) is 11.2 Å². The van der Waals surface area contributed by atoms with Gasteiger partial charge in [-0.05, 0) is 57.0 Å². The Kier molecular flexibility index (Phi) is 5.19. The first kappa shape index (κ1) is 20.3. The van der Waals surface area contributed by atoms with E-state index < -0.39 is 0 Å². The van der Waals surface area contributed by atoms with Gasteiger partial charge in [-0.2, -0.15) is 5.10 Å². The third-order valence-corrected chi connectivity index (χ3v) is 6.61. The number of rotatable bonds is 5. The first-order valence-corrected chi connectivity index (χ1v) is 11.4. The maximum Gasteiger partial charge on any atom is 0.233 e. The molecule has 0 N–H and O–H groups in total. The molecule has 0 aliphatic carbocycles. The van der Waals surface area contributed by atoms with E-state index in [4.69, 9.17) is 10.1 Å². The van der Waals surface area contributed by atoms with E-state index in [1.54, 1.807) is 4.90 Å². The Morgan fingerprint density at radius 1 is 1.00 bits per heavy atom. The van der Waals surface area contributed by atoms with Gasteiger partial charge in [-0.25, -0.2) is 14.5 Å². The SMILES string of the molecule is Cc1csc(N(C(=O)CCc2c(C)nc3c4ccccc4nn3c2C)c2ccccc2)n1. The molecule has 0 bridgehead atoms. The van der Waals surface area contributed by atoms with Gasteiger partial charge >= 0.3 is 0 Å². The molecule has 3 aromatic heterocycles. The molecule has 160 valence electrons. The minimum Gasteiger partial charge on any atom is -0.274 e. The second-order valence-corrected chi connectivity index (χ2v) is 8.69. The number of thiazole rings is 1. The second kappa shape index (κ2) is 8.16. The molecule has 2 aromatic carbocycles. The van der Waals surface area contributed by atoms with Gasteiger partial charge < -0.3 is 0 Å². The third kappa shape index (κ3) is 3.54. The zero-order valence-electron chi connectivity index (χ0n) is 18.2. The van der Waals surface area contributed by atoms with Crippen LogP contribution >= 0.6 is 11.3 Å². The summed E-state index contributed by atoms with van der Waals surface area (Å²) >= 11 is 1.48. The van der Waals surface area contributed by atoms with Gasteiger partial charge in [-0.15, -0.1) is 11.3 Å². The monoisotopic (exact) mass is 441 g/mol. The highest BCUT2D eigenvalue weighted by atomic mass is 32.1. The van der Waals surface area contributed by atoms with E-state index in [2.05, 4.69) is 4.98 Å². The highest BCUT2D eigenvalue weighted by molar-refractivity contribution is 7.14. The van der Waals surface area contributed by atoms with Crippen molar-refractivity contribution in [1.29, 1.82) is 0 Å². The van der Waals surface area contributed by atoms with Gasteiger partial charge in [0.25, 0.3) is 0 Å². The Bertz CT molecular complexity index is 1440. The molecule has 0 atom stereocenters. The van der Waals surface area contributed by atoms with Gasteiger partial charge in [0.1, 0.15) is 0 Å². The lowest BCUT2D eigenvalue weighted by Gasteiger charge is -2.20. The molecule has 32 heavy (non-hydrogen) atoms. The van der Waals surface area contributed by atoms with Crippen molar-refractivity contribution in [2.45, 2.75) is 33.6 Å². The lowest BCUT2D eigenvalue weighted by atomic mass is 10.1. The summed E-state index contributed by atoms with van der Waals surface area (Å²) in [6.45, 7) is 6.00. The van der Waals surface area contributed by atoms with Gasteiger partial charge in [-0.3, -0.25) is 9.69 Å². The van der Waals surface area contributed by atoms with Crippen LogP contribution in [0.15, 0.2) is 60.0 Å². The summed E-state index contributed by atoms with van der Waals surface area (Å²) in [5.74, 6) is 0.00933. The van der Waals surface area contributed by atoms with Crippen molar-refractivity contribution >= 4 is 44.6 Å². The molecule has 0 fully saturated rings. The van der Waals surface area contributed by atoms with Crippen LogP contribution < -0.4 is 4.90 Å². The zero-order valence-corrected chi connectivity index (χ0v) is 19.1. The van der Waals surface area contributed by atoms with Gasteiger partial charge in [0.2, 0.25) is 5.91 Å². The summed E-state index contributed by atoms with van der Waals surface area (Å²) in [5, 5.41) is 8.42. The number of hydrogen-bond acceptors (Lipinski definition) is 5. The van der Waals surface area contributed by atoms with E-state index in [0.29, 0.717) is 18.0 Å². The lowest BCUT2D eigenvalue weighted by molar-refractivity contribution is -0.117. The van der Waals surface area contributed by atoms with Crippen molar-refractivity contribution in [2.24, 2.45) is 0 Å². The number of anilines is 2. The molecule has 5 aromatic rings. The molecular weight excluding hydrogens is 418 g/mol. The van der Waals surface area contributed by atoms with E-state index in [1.807, 2.05) is 85.3 Å². The normalized spacial score (nSPS) is 11.3. The van der Waals surface area contributed by atoms with Crippen molar-refractivity contribution in [2.75, 3.05) is 4.90 Å². The zero-order chi connectivity index (χ0) is 22.2. The number of benzene rings is 2. The maximum atomic E-state index is 13.4. The predicted molar refractivity (Wildman–Crippen MR) is 129 cm³/mol. The molecule has 0 saturated carbocycles. The van der Waals surface area contributed by atoms with Crippen LogP contribution in [0, 0.1) is 20.8 Å². The van der Waals surface area contributed by atoms with Crippen molar-refractivity contribution in [3.63, 3.8) is 0 Å². The Morgan fingerprint density at radius 2 is 1.75 bits per heavy atom. The summed E-state index contributed by atoms with van der Waals surface area (Å²) in [6, 6.07) is 17.7. The van der Waals surface area contributed by atoms with Crippen LogP contribution in [0.1, 0.15) is 29.1 Å². The quantitative estimate of drug-likeness (QED) is 0.358. The molecule has 5 rings (SSSR count). The predicted octanol–water partition coefficient (Wildman–Crippen LogP) is 5.56. The Balaban J connectivity index is 1.47. The summed E-state index contributed by atoms with van der Waals surface area (Å²) < 4.78 is 1.90. The smallest absolute Gasteiger partial charge is 0.233 e. The highest BCUT2D eigenvalue weighted by Gasteiger charge is 2.22. The first-order valence-electron chi connectivity index (χ1n) is 10.6. The number of carbonyl (C=O) groups excluding carboxylic acids is 1. The Labute approximate surface area is 190 Å². The number of aromatic nitrogens is 4. The van der Waals surface area contributed by atoms with Crippen LogP contribution in [0.25, 0.3) is 16.6 Å². The largest absolute Gasteiger partial charge is 0.274 e. The van der Waals surface area contributed by atoms with Gasteiger partial charge in [0.15, 0.2) is 10.8 Å². The fraction of sp³-hybridized carbons (Fsp3) is 0.200. The molecule has 0 radical (unpaired) electrons. The standard InChI is InChI=1S/C25H23N5OS/c1-16-15-32-25(26-16)29(19-9-5-4-6-10-19)23(31)14-13-20-17(2)27-24-21-11-7-8-12-22(21)28-30(24)18(20)3/h4-12,15H,13-14H2,1-3H3. The fourth-order valence-electron chi connectivity index (χ4n) is 4.06. The number of amides is 1. The number of nitrogens with zero attached hydrogens (tertiary/aromatic N) is 5. The summed E-state index contributed by atoms with van der Waals surface area (Å²) in [4.78, 5) is 24.5. The molecule has 0 aliphatic rings. The van der Waals surface area contributed by atoms with E-state index in [0.717, 1.165) is 44.9 Å². The second-order valence-electron chi connectivity index (χ2n) is 7.85. The molecule has 3 heterocycles. The Morgan fingerprint density at radius 3 is 2.50 bits per heavy atom. The topological polar surface area (TPSA) is 63.4 Å². The molecular formula is C25H23N5OS. The molecule has 0 spiro atoms. The van der Waals surface area contributed by atoms with E-state index in [9.17, 15) is 4.79 Å². The van der Waals surface area contributed by atoms with Gasteiger partial charge in [0, 0.05) is 28.6 Å². The Hall–Kier alpha value is -3.58. The molecule has 6 nitrogen and oxygen atoms in total. The average Bonchev–Trinajstić information content (AvgIpc) is 3.38. The number of para-hydroxylation sites is 1. The summed E-state index contributed by atoms with van der Waals surface area (Å²) in [5.41, 5.74) is 6.53. The first-order chi connectivity index (χ1) is 15.5. The fourth-order valence-corrected chi connectivity index (χ4v) is 4.90. The van der Waals surface area contributed by atoms with E-state index in [-0.39, 0.29) is 5.91 Å². The number of fused-ring (bicyclic) bond motifs is 3. The summed E-state index contributed by atoms with van der Waals surface area (Å²) in [7, 11) is 0. The van der Waals surface area contributed by atoms with Crippen molar-refractivity contribution in [1.82, 2.24) is 19.6 Å². The average molecular weight is 442 g/mol. The van der Waals surface area contributed by atoms with Crippen LogP contribution in [0.3, 0.4) is 0 Å². The lowest BCUT2D eigenvalue weighted by Crippen LogP contribution is -2.26. The minimum atomic E-state index is 0.00933. The van der Waals surface area contributed by atoms with Gasteiger partial charge in [0.05, 0.1) is 16.9 Å². The summed E-state index contributed by atoms with van der Waals surface area (Å²) in [6.07, 6.45) is 0.937. The maximum absolute atomic E-state index is 13.4. The van der Waals surface area contributed by atoms with Crippen molar-refractivity contribution in [3.05, 3.63) is 82.6 Å². The van der Waals surface area contributed by atoms with Crippen LogP contribution in [0.2, 0.25) is 0 Å². The van der Waals surface area contributed by atoms with Crippen molar-refractivity contribution in [3.8, 4) is 0 Å². The molecule has 0 aliphatic heterocycles. The number of carbonyl (C=O) groups is 1.